The predicted molar refractivity (Wildman–Crippen MR) is 65.9 cm³/mol. The maximum Gasteiger partial charge on any atom is 0.402 e. The molecule has 20 heavy (non-hydrogen) atoms. The third-order valence-corrected chi connectivity index (χ3v) is 4.28. The van der Waals surface area contributed by atoms with Gasteiger partial charge >= 0.3 is 6.18 Å². The van der Waals surface area contributed by atoms with Gasteiger partial charge in [-0.3, -0.25) is 0 Å². The molecular formula is C11H14F4N2O2S. The molecule has 0 bridgehead atoms. The number of anilines is 1. The summed E-state index contributed by atoms with van der Waals surface area (Å²) in [7, 11) is -4.37. The zero-order valence-corrected chi connectivity index (χ0v) is 11.4. The Labute approximate surface area is 114 Å². The first kappa shape index (κ1) is 16.7. The molecule has 0 saturated carbocycles. The number of nitrogens with zero attached hydrogens (tertiary/aromatic N) is 1. The number of hydrogen-bond acceptors (Lipinski definition) is 3. The molecule has 0 saturated heterocycles. The van der Waals surface area contributed by atoms with Crippen molar-refractivity contribution >= 4 is 15.7 Å². The highest BCUT2D eigenvalue weighted by molar-refractivity contribution is 7.89. The second-order valence-electron chi connectivity index (χ2n) is 4.14. The van der Waals surface area contributed by atoms with Crippen LogP contribution in [0.2, 0.25) is 0 Å². The molecule has 0 heterocycles. The van der Waals surface area contributed by atoms with Gasteiger partial charge in [0.25, 0.3) is 0 Å². The van der Waals surface area contributed by atoms with E-state index in [1.54, 1.807) is 6.92 Å². The van der Waals surface area contributed by atoms with Gasteiger partial charge in [-0.05, 0) is 24.6 Å². The minimum absolute atomic E-state index is 0.214. The van der Waals surface area contributed by atoms with Crippen LogP contribution in [0.3, 0.4) is 0 Å². The Hall–Kier alpha value is -1.35. The van der Waals surface area contributed by atoms with E-state index in [1.807, 2.05) is 0 Å². The molecule has 4 nitrogen and oxygen atoms in total. The van der Waals surface area contributed by atoms with Crippen LogP contribution in [-0.4, -0.2) is 32.0 Å². The van der Waals surface area contributed by atoms with Crippen LogP contribution in [0.4, 0.5) is 23.2 Å². The van der Waals surface area contributed by atoms with Crippen LogP contribution in [0.1, 0.15) is 13.3 Å². The Morgan fingerprint density at radius 2 is 1.90 bits per heavy atom. The summed E-state index contributed by atoms with van der Waals surface area (Å²) in [5.41, 5.74) is 4.80. The molecule has 114 valence electrons. The van der Waals surface area contributed by atoms with Gasteiger partial charge in [-0.15, -0.1) is 0 Å². The molecule has 0 amide bonds. The van der Waals surface area contributed by atoms with E-state index in [4.69, 9.17) is 5.73 Å². The number of benzene rings is 1. The predicted octanol–water partition coefficient (Wildman–Crippen LogP) is 2.37. The molecule has 0 atom stereocenters. The van der Waals surface area contributed by atoms with E-state index < -0.39 is 39.1 Å². The number of nitrogen functional groups attached to an aromatic ring is 1. The number of nitrogens with two attached hydrogens (primary N) is 1. The number of rotatable bonds is 5. The Bertz CT molecular complexity index is 572. The monoisotopic (exact) mass is 314 g/mol. The van der Waals surface area contributed by atoms with E-state index >= 15 is 0 Å². The van der Waals surface area contributed by atoms with Gasteiger partial charge in [0.2, 0.25) is 10.0 Å². The van der Waals surface area contributed by atoms with Gasteiger partial charge in [0.05, 0.1) is 10.6 Å². The van der Waals surface area contributed by atoms with Crippen molar-refractivity contribution in [1.82, 2.24) is 4.31 Å². The van der Waals surface area contributed by atoms with Crippen molar-refractivity contribution in [3.63, 3.8) is 0 Å². The quantitative estimate of drug-likeness (QED) is 0.670. The van der Waals surface area contributed by atoms with Crippen molar-refractivity contribution in [2.24, 2.45) is 0 Å². The molecule has 9 heteroatoms. The second kappa shape index (κ2) is 5.96. The molecule has 1 aromatic carbocycles. The summed E-state index contributed by atoms with van der Waals surface area (Å²) >= 11 is 0. The van der Waals surface area contributed by atoms with Crippen LogP contribution in [0.25, 0.3) is 0 Å². The van der Waals surface area contributed by atoms with Gasteiger partial charge in [0, 0.05) is 6.54 Å². The van der Waals surface area contributed by atoms with E-state index in [2.05, 4.69) is 0 Å². The zero-order valence-electron chi connectivity index (χ0n) is 10.6. The molecule has 0 unspecified atom stereocenters. The lowest BCUT2D eigenvalue weighted by Crippen LogP contribution is -2.39. The van der Waals surface area contributed by atoms with Crippen LogP contribution < -0.4 is 5.73 Å². The zero-order chi connectivity index (χ0) is 15.6. The Morgan fingerprint density at radius 3 is 2.35 bits per heavy atom. The number of hydrogen-bond donors (Lipinski definition) is 1. The van der Waals surface area contributed by atoms with Gasteiger partial charge in [0.15, 0.2) is 0 Å². The summed E-state index contributed by atoms with van der Waals surface area (Å²) in [4.78, 5) is -0.464. The SMILES string of the molecule is CCCN(CC(F)(F)F)S(=O)(=O)c1ccc(F)c(N)c1. The van der Waals surface area contributed by atoms with Crippen LogP contribution in [0.5, 0.6) is 0 Å². The highest BCUT2D eigenvalue weighted by atomic mass is 32.2. The smallest absolute Gasteiger partial charge is 0.396 e. The number of sulfonamides is 1. The van der Waals surface area contributed by atoms with Crippen LogP contribution in [0.15, 0.2) is 23.1 Å². The third-order valence-electron chi connectivity index (χ3n) is 2.43. The minimum atomic E-state index is -4.66. The van der Waals surface area contributed by atoms with Crippen molar-refractivity contribution in [3.8, 4) is 0 Å². The lowest BCUT2D eigenvalue weighted by Gasteiger charge is -2.23. The molecule has 0 aromatic heterocycles. The molecule has 0 radical (unpaired) electrons. The Balaban J connectivity index is 3.18. The largest absolute Gasteiger partial charge is 0.402 e. The van der Waals surface area contributed by atoms with Crippen molar-refractivity contribution in [2.45, 2.75) is 24.4 Å². The third kappa shape index (κ3) is 4.07. The Morgan fingerprint density at radius 1 is 1.30 bits per heavy atom. The van der Waals surface area contributed by atoms with Gasteiger partial charge in [-0.1, -0.05) is 6.92 Å². The summed E-state index contributed by atoms with van der Waals surface area (Å²) in [5, 5.41) is 0. The Kier molecular flexibility index (Phi) is 4.98. The molecule has 0 spiro atoms. The fourth-order valence-corrected chi connectivity index (χ4v) is 3.12. The lowest BCUT2D eigenvalue weighted by atomic mass is 10.3. The van der Waals surface area contributed by atoms with Crippen LogP contribution in [-0.2, 0) is 10.0 Å². The summed E-state index contributed by atoms with van der Waals surface area (Å²) < 4.78 is 74.8. The molecular weight excluding hydrogens is 300 g/mol. The summed E-state index contributed by atoms with van der Waals surface area (Å²) in [6.07, 6.45) is -4.44. The molecule has 0 aliphatic heterocycles. The minimum Gasteiger partial charge on any atom is -0.396 e. The van der Waals surface area contributed by atoms with Crippen LogP contribution >= 0.6 is 0 Å². The molecule has 0 aliphatic carbocycles. The summed E-state index contributed by atoms with van der Waals surface area (Å²) in [5.74, 6) is -0.832. The molecule has 2 N–H and O–H groups in total. The summed E-state index contributed by atoms with van der Waals surface area (Å²) in [6.45, 7) is -0.336. The first-order valence-corrected chi connectivity index (χ1v) is 7.14. The van der Waals surface area contributed by atoms with Crippen molar-refractivity contribution < 1.29 is 26.0 Å². The van der Waals surface area contributed by atoms with Crippen molar-refractivity contribution in [3.05, 3.63) is 24.0 Å². The molecule has 0 fully saturated rings. The average molecular weight is 314 g/mol. The van der Waals surface area contributed by atoms with Crippen molar-refractivity contribution in [1.29, 1.82) is 0 Å². The maximum absolute atomic E-state index is 13.0. The van der Waals surface area contributed by atoms with E-state index in [-0.39, 0.29) is 13.0 Å². The van der Waals surface area contributed by atoms with E-state index in [1.165, 1.54) is 0 Å². The highest BCUT2D eigenvalue weighted by Gasteiger charge is 2.36. The highest BCUT2D eigenvalue weighted by Crippen LogP contribution is 2.24. The normalized spacial score (nSPS) is 12.9. The molecule has 0 aliphatic rings. The standard InChI is InChI=1S/C11H14F4N2O2S/c1-2-5-17(7-11(13,14)15)20(18,19)8-3-4-9(12)10(16)6-8/h3-4,6H,2,5,7,16H2,1H3. The second-order valence-corrected chi connectivity index (χ2v) is 6.08. The first-order valence-electron chi connectivity index (χ1n) is 5.70. The molecule has 1 aromatic rings. The van der Waals surface area contributed by atoms with E-state index in [9.17, 15) is 26.0 Å². The topological polar surface area (TPSA) is 63.4 Å². The van der Waals surface area contributed by atoms with Gasteiger partial charge in [-0.25, -0.2) is 12.8 Å². The first-order chi connectivity index (χ1) is 9.08. The van der Waals surface area contributed by atoms with E-state index in [0.29, 0.717) is 4.31 Å². The van der Waals surface area contributed by atoms with E-state index in [0.717, 1.165) is 18.2 Å². The van der Waals surface area contributed by atoms with Gasteiger partial charge < -0.3 is 5.73 Å². The average Bonchev–Trinajstić information content (AvgIpc) is 2.30. The summed E-state index contributed by atoms with van der Waals surface area (Å²) in [6, 6.07) is 2.50. The fraction of sp³-hybridized carbons (Fsp3) is 0.455. The lowest BCUT2D eigenvalue weighted by molar-refractivity contribution is -0.136. The fourth-order valence-electron chi connectivity index (χ4n) is 1.56. The van der Waals surface area contributed by atoms with Gasteiger partial charge in [-0.2, -0.15) is 17.5 Å². The van der Waals surface area contributed by atoms with Crippen molar-refractivity contribution in [2.75, 3.05) is 18.8 Å². The molecule has 1 rings (SSSR count). The number of alkyl halides is 3. The number of halogens is 4. The van der Waals surface area contributed by atoms with Gasteiger partial charge in [0.1, 0.15) is 12.4 Å². The van der Waals surface area contributed by atoms with Crippen LogP contribution in [0, 0.1) is 5.82 Å². The maximum atomic E-state index is 13.0.